The fraction of sp³-hybridized carbons (Fsp3) is 0.333. The van der Waals surface area contributed by atoms with Crippen LogP contribution in [0.25, 0.3) is 0 Å². The summed E-state index contributed by atoms with van der Waals surface area (Å²) in [7, 11) is 0. The molecule has 1 fully saturated rings. The monoisotopic (exact) mass is 417 g/mol. The van der Waals surface area contributed by atoms with Gasteiger partial charge >= 0.3 is 0 Å². The number of nitrogens with zero attached hydrogens (tertiary/aromatic N) is 4. The lowest BCUT2D eigenvalue weighted by Crippen LogP contribution is -2.45. The Hall–Kier alpha value is -3.48. The average Bonchev–Trinajstić information content (AvgIpc) is 3.33. The molecular weight excluding hydrogens is 390 g/mol. The smallest absolute Gasteiger partial charge is 0.254 e. The molecule has 0 spiro atoms. The van der Waals surface area contributed by atoms with Crippen LogP contribution in [0.1, 0.15) is 52.0 Å². The van der Waals surface area contributed by atoms with E-state index in [1.165, 1.54) is 6.33 Å². The summed E-state index contributed by atoms with van der Waals surface area (Å²) >= 11 is 0. The topological polar surface area (TPSA) is 80.1 Å². The molecule has 1 N–H and O–H groups in total. The van der Waals surface area contributed by atoms with E-state index in [0.717, 1.165) is 37.8 Å². The van der Waals surface area contributed by atoms with Crippen LogP contribution in [0, 0.1) is 0 Å². The van der Waals surface area contributed by atoms with Crippen LogP contribution >= 0.6 is 0 Å². The number of hydrogen-bond donors (Lipinski definition) is 1. The summed E-state index contributed by atoms with van der Waals surface area (Å²) in [6.45, 7) is 1.80. The maximum Gasteiger partial charge on any atom is 0.254 e. The van der Waals surface area contributed by atoms with Gasteiger partial charge in [-0.3, -0.25) is 9.59 Å². The van der Waals surface area contributed by atoms with Gasteiger partial charge in [0.15, 0.2) is 0 Å². The Morgan fingerprint density at radius 2 is 1.84 bits per heavy atom. The first-order valence-corrected chi connectivity index (χ1v) is 10.8. The minimum absolute atomic E-state index is 0.0507. The van der Waals surface area contributed by atoms with Crippen LogP contribution in [-0.4, -0.2) is 50.6 Å². The van der Waals surface area contributed by atoms with E-state index in [4.69, 9.17) is 0 Å². The van der Waals surface area contributed by atoms with Gasteiger partial charge in [-0.2, -0.15) is 5.10 Å². The lowest BCUT2D eigenvalue weighted by atomic mass is 9.97. The highest BCUT2D eigenvalue weighted by atomic mass is 16.2. The van der Waals surface area contributed by atoms with Crippen LogP contribution in [0.15, 0.2) is 67.3 Å². The summed E-state index contributed by atoms with van der Waals surface area (Å²) in [4.78, 5) is 31.8. The molecule has 160 valence electrons. The molecule has 4 rings (SSSR count). The minimum Gasteiger partial charge on any atom is -0.352 e. The van der Waals surface area contributed by atoms with Gasteiger partial charge in [0.1, 0.15) is 12.7 Å². The number of benzene rings is 2. The zero-order valence-electron chi connectivity index (χ0n) is 17.5. The number of amides is 2. The van der Waals surface area contributed by atoms with Gasteiger partial charge < -0.3 is 10.2 Å². The SMILES string of the molecule is O=C(NCCC1CCCCN1C(=O)c1ccccc1Cn1cncn1)c1ccccc1. The Balaban J connectivity index is 1.41. The van der Waals surface area contributed by atoms with E-state index in [0.29, 0.717) is 24.2 Å². The van der Waals surface area contributed by atoms with Gasteiger partial charge in [0.25, 0.3) is 11.8 Å². The molecule has 1 aromatic heterocycles. The fourth-order valence-corrected chi connectivity index (χ4v) is 4.12. The summed E-state index contributed by atoms with van der Waals surface area (Å²) in [5, 5.41) is 7.15. The van der Waals surface area contributed by atoms with Crippen molar-refractivity contribution < 1.29 is 9.59 Å². The fourth-order valence-electron chi connectivity index (χ4n) is 4.12. The van der Waals surface area contributed by atoms with Crippen LogP contribution < -0.4 is 5.32 Å². The van der Waals surface area contributed by atoms with E-state index in [2.05, 4.69) is 15.4 Å². The highest BCUT2D eigenvalue weighted by Crippen LogP contribution is 2.23. The number of aromatic nitrogens is 3. The molecule has 1 aliphatic rings. The molecule has 0 radical (unpaired) electrons. The van der Waals surface area contributed by atoms with Crippen molar-refractivity contribution in [3.63, 3.8) is 0 Å². The van der Waals surface area contributed by atoms with Gasteiger partial charge in [0.2, 0.25) is 0 Å². The molecule has 1 aliphatic heterocycles. The molecule has 0 saturated carbocycles. The van der Waals surface area contributed by atoms with Crippen molar-refractivity contribution in [1.29, 1.82) is 0 Å². The van der Waals surface area contributed by atoms with E-state index in [1.54, 1.807) is 23.1 Å². The lowest BCUT2D eigenvalue weighted by molar-refractivity contribution is 0.0600. The summed E-state index contributed by atoms with van der Waals surface area (Å²) in [6, 6.07) is 17.0. The molecular formula is C24H27N5O2. The largest absolute Gasteiger partial charge is 0.352 e. The van der Waals surface area contributed by atoms with Crippen LogP contribution in [0.2, 0.25) is 0 Å². The molecule has 1 atom stereocenters. The number of carbonyl (C=O) groups excluding carboxylic acids is 2. The van der Waals surface area contributed by atoms with Crippen LogP contribution in [0.5, 0.6) is 0 Å². The van der Waals surface area contributed by atoms with Gasteiger partial charge in [-0.1, -0.05) is 36.4 Å². The summed E-state index contributed by atoms with van der Waals surface area (Å²) < 4.78 is 1.72. The van der Waals surface area contributed by atoms with Gasteiger partial charge in [-0.15, -0.1) is 0 Å². The maximum atomic E-state index is 13.5. The Morgan fingerprint density at radius 1 is 1.03 bits per heavy atom. The highest BCUT2D eigenvalue weighted by molar-refractivity contribution is 5.96. The predicted molar refractivity (Wildman–Crippen MR) is 118 cm³/mol. The first kappa shape index (κ1) is 20.8. The molecule has 2 aromatic carbocycles. The third-order valence-corrected chi connectivity index (χ3v) is 5.73. The Morgan fingerprint density at radius 3 is 2.65 bits per heavy atom. The third-order valence-electron chi connectivity index (χ3n) is 5.73. The number of carbonyl (C=O) groups is 2. The predicted octanol–water partition coefficient (Wildman–Crippen LogP) is 3.14. The van der Waals surface area contributed by atoms with Crippen molar-refractivity contribution in [3.8, 4) is 0 Å². The Labute approximate surface area is 182 Å². The summed E-state index contributed by atoms with van der Waals surface area (Å²) in [6.07, 6.45) is 6.95. The van der Waals surface area contributed by atoms with Gasteiger partial charge in [-0.05, 0) is 49.4 Å². The standard InChI is InChI=1S/C24H27N5O2/c30-23(19-8-2-1-3-9-19)26-14-13-21-11-6-7-15-29(21)24(31)22-12-5-4-10-20(22)16-28-18-25-17-27-28/h1-5,8-10,12,17-18,21H,6-7,11,13-16H2,(H,26,30). The lowest BCUT2D eigenvalue weighted by Gasteiger charge is -2.36. The molecule has 0 aliphatic carbocycles. The number of likely N-dealkylation sites (tertiary alicyclic amines) is 1. The van der Waals surface area contributed by atoms with E-state index >= 15 is 0 Å². The van der Waals surface area contributed by atoms with Crippen molar-refractivity contribution in [2.75, 3.05) is 13.1 Å². The normalized spacial score (nSPS) is 16.1. The molecule has 7 heteroatoms. The van der Waals surface area contributed by atoms with Crippen molar-refractivity contribution in [1.82, 2.24) is 25.0 Å². The molecule has 1 saturated heterocycles. The van der Waals surface area contributed by atoms with Gasteiger partial charge in [0.05, 0.1) is 6.54 Å². The number of rotatable bonds is 7. The average molecular weight is 418 g/mol. The van der Waals surface area contributed by atoms with E-state index in [1.807, 2.05) is 47.4 Å². The maximum absolute atomic E-state index is 13.5. The number of nitrogens with one attached hydrogen (secondary N) is 1. The quantitative estimate of drug-likeness (QED) is 0.640. The second-order valence-electron chi connectivity index (χ2n) is 7.81. The van der Waals surface area contributed by atoms with Gasteiger partial charge in [-0.25, -0.2) is 9.67 Å². The molecule has 31 heavy (non-hydrogen) atoms. The van der Waals surface area contributed by atoms with E-state index < -0.39 is 0 Å². The van der Waals surface area contributed by atoms with Gasteiger partial charge in [0, 0.05) is 30.3 Å². The number of hydrogen-bond acceptors (Lipinski definition) is 4. The molecule has 2 heterocycles. The molecule has 3 aromatic rings. The van der Waals surface area contributed by atoms with Crippen molar-refractivity contribution in [3.05, 3.63) is 83.9 Å². The minimum atomic E-state index is -0.0764. The van der Waals surface area contributed by atoms with Crippen LogP contribution in [0.4, 0.5) is 0 Å². The summed E-state index contributed by atoms with van der Waals surface area (Å²) in [5.41, 5.74) is 2.29. The van der Waals surface area contributed by atoms with Crippen LogP contribution in [0.3, 0.4) is 0 Å². The Kier molecular flexibility index (Phi) is 6.72. The second kappa shape index (κ2) is 10.0. The molecule has 0 bridgehead atoms. The van der Waals surface area contributed by atoms with Crippen LogP contribution in [-0.2, 0) is 6.54 Å². The van der Waals surface area contributed by atoms with E-state index in [-0.39, 0.29) is 17.9 Å². The zero-order chi connectivity index (χ0) is 21.5. The first-order chi connectivity index (χ1) is 15.2. The summed E-state index contributed by atoms with van der Waals surface area (Å²) in [5.74, 6) is -0.0257. The first-order valence-electron chi connectivity index (χ1n) is 10.8. The highest BCUT2D eigenvalue weighted by Gasteiger charge is 2.28. The number of piperidine rings is 1. The molecule has 7 nitrogen and oxygen atoms in total. The Bertz CT molecular complexity index is 1000. The van der Waals surface area contributed by atoms with Crippen molar-refractivity contribution in [2.45, 2.75) is 38.3 Å². The molecule has 2 amide bonds. The van der Waals surface area contributed by atoms with E-state index in [9.17, 15) is 9.59 Å². The third kappa shape index (κ3) is 5.17. The van der Waals surface area contributed by atoms with Crippen molar-refractivity contribution in [2.24, 2.45) is 0 Å². The zero-order valence-corrected chi connectivity index (χ0v) is 17.5. The van der Waals surface area contributed by atoms with Crippen molar-refractivity contribution >= 4 is 11.8 Å². The molecule has 1 unspecified atom stereocenters. The second-order valence-corrected chi connectivity index (χ2v) is 7.81.